The molecule has 0 nitrogen and oxygen atoms in total. The van der Waals surface area contributed by atoms with Gasteiger partial charge in [0.1, 0.15) is 11.7 Å². The standard InChI is InChI=1S/C10H12F2/c1-4-8-9(11)5-6(2)7(3)10(8)12/h4-7H,1H2,2-3H3. The fraction of sp³-hybridized carbons (Fsp3) is 0.400. The summed E-state index contributed by atoms with van der Waals surface area (Å²) < 4.78 is 26.3. The first-order valence-electron chi connectivity index (χ1n) is 3.97. The zero-order valence-electron chi connectivity index (χ0n) is 7.27. The van der Waals surface area contributed by atoms with E-state index in [1.807, 2.05) is 0 Å². The minimum atomic E-state index is -0.492. The summed E-state index contributed by atoms with van der Waals surface area (Å²) in [5.74, 6) is -1.20. The highest BCUT2D eigenvalue weighted by molar-refractivity contribution is 5.40. The first kappa shape index (κ1) is 9.17. The van der Waals surface area contributed by atoms with Crippen molar-refractivity contribution in [2.24, 2.45) is 11.8 Å². The topological polar surface area (TPSA) is 0 Å². The van der Waals surface area contributed by atoms with Gasteiger partial charge in [0, 0.05) is 11.5 Å². The lowest BCUT2D eigenvalue weighted by atomic mass is 9.87. The summed E-state index contributed by atoms with van der Waals surface area (Å²) in [5.41, 5.74) is 0.0144. The molecule has 0 bridgehead atoms. The number of hydrogen-bond donors (Lipinski definition) is 0. The molecule has 2 heteroatoms. The molecular weight excluding hydrogens is 158 g/mol. The van der Waals surface area contributed by atoms with Crippen molar-refractivity contribution in [1.29, 1.82) is 0 Å². The molecule has 0 N–H and O–H groups in total. The average Bonchev–Trinajstić information content (AvgIpc) is 2.01. The first-order chi connectivity index (χ1) is 5.57. The highest BCUT2D eigenvalue weighted by atomic mass is 19.1. The van der Waals surface area contributed by atoms with Gasteiger partial charge in [-0.3, -0.25) is 0 Å². The average molecular weight is 170 g/mol. The van der Waals surface area contributed by atoms with Gasteiger partial charge in [0.2, 0.25) is 0 Å². The van der Waals surface area contributed by atoms with Crippen LogP contribution >= 0.6 is 0 Å². The fourth-order valence-electron chi connectivity index (χ4n) is 1.25. The summed E-state index contributed by atoms with van der Waals surface area (Å²) in [7, 11) is 0. The summed E-state index contributed by atoms with van der Waals surface area (Å²) in [6, 6.07) is 0. The van der Waals surface area contributed by atoms with Crippen LogP contribution in [0.25, 0.3) is 0 Å². The molecule has 2 unspecified atom stereocenters. The quantitative estimate of drug-likeness (QED) is 0.564. The minimum Gasteiger partial charge on any atom is -0.211 e. The zero-order chi connectivity index (χ0) is 9.30. The van der Waals surface area contributed by atoms with Crippen LogP contribution in [0, 0.1) is 11.8 Å². The van der Waals surface area contributed by atoms with Gasteiger partial charge in [0.05, 0.1) is 0 Å². The summed E-state index contributed by atoms with van der Waals surface area (Å²) in [6.07, 6.45) is 2.66. The Labute approximate surface area is 71.3 Å². The SMILES string of the molecule is C=CC1=C(F)C(C)C(C)C=C1F. The van der Waals surface area contributed by atoms with E-state index in [4.69, 9.17) is 0 Å². The summed E-state index contributed by atoms with van der Waals surface area (Å²) in [6.45, 7) is 6.90. The van der Waals surface area contributed by atoms with E-state index in [9.17, 15) is 8.78 Å². The Balaban J connectivity index is 3.11. The van der Waals surface area contributed by atoms with Gasteiger partial charge in [-0.2, -0.15) is 0 Å². The molecule has 0 amide bonds. The maximum atomic E-state index is 13.3. The fourth-order valence-corrected chi connectivity index (χ4v) is 1.25. The Bertz CT molecular complexity index is 261. The maximum absolute atomic E-state index is 13.3. The number of hydrogen-bond acceptors (Lipinski definition) is 0. The normalized spacial score (nSPS) is 30.2. The lowest BCUT2D eigenvalue weighted by molar-refractivity contribution is 0.396. The van der Waals surface area contributed by atoms with E-state index >= 15 is 0 Å². The molecule has 1 aliphatic carbocycles. The predicted molar refractivity (Wildman–Crippen MR) is 45.9 cm³/mol. The summed E-state index contributed by atoms with van der Waals surface area (Å²) in [5, 5.41) is 0. The Morgan fingerprint density at radius 2 is 2.00 bits per heavy atom. The van der Waals surface area contributed by atoms with Crippen LogP contribution in [0.4, 0.5) is 8.78 Å². The highest BCUT2D eigenvalue weighted by Crippen LogP contribution is 2.35. The summed E-state index contributed by atoms with van der Waals surface area (Å²) >= 11 is 0. The number of halogens is 2. The van der Waals surface area contributed by atoms with Crippen LogP contribution in [0.2, 0.25) is 0 Å². The molecule has 66 valence electrons. The molecular formula is C10H12F2. The van der Waals surface area contributed by atoms with E-state index in [0.29, 0.717) is 0 Å². The van der Waals surface area contributed by atoms with E-state index in [-0.39, 0.29) is 17.4 Å². The van der Waals surface area contributed by atoms with Crippen LogP contribution in [-0.2, 0) is 0 Å². The predicted octanol–water partition coefficient (Wildman–Crippen LogP) is 3.54. The molecule has 2 atom stereocenters. The van der Waals surface area contributed by atoms with Crippen molar-refractivity contribution in [3.05, 3.63) is 36.0 Å². The number of allylic oxidation sites excluding steroid dienone is 5. The van der Waals surface area contributed by atoms with Crippen molar-refractivity contribution in [1.82, 2.24) is 0 Å². The number of rotatable bonds is 1. The van der Waals surface area contributed by atoms with Gasteiger partial charge in [-0.25, -0.2) is 8.78 Å². The third kappa shape index (κ3) is 1.33. The van der Waals surface area contributed by atoms with Crippen LogP contribution in [-0.4, -0.2) is 0 Å². The van der Waals surface area contributed by atoms with E-state index in [2.05, 4.69) is 6.58 Å². The third-order valence-electron chi connectivity index (χ3n) is 2.32. The van der Waals surface area contributed by atoms with Crippen LogP contribution in [0.1, 0.15) is 13.8 Å². The lowest BCUT2D eigenvalue weighted by Crippen LogP contribution is -2.12. The largest absolute Gasteiger partial charge is 0.211 e. The Morgan fingerprint density at radius 3 is 2.50 bits per heavy atom. The molecule has 0 radical (unpaired) electrons. The maximum Gasteiger partial charge on any atom is 0.129 e. The van der Waals surface area contributed by atoms with Crippen molar-refractivity contribution < 1.29 is 8.78 Å². The molecule has 0 heterocycles. The van der Waals surface area contributed by atoms with Gasteiger partial charge in [-0.05, 0) is 12.0 Å². The minimum absolute atomic E-state index is 0.0144. The molecule has 12 heavy (non-hydrogen) atoms. The van der Waals surface area contributed by atoms with Gasteiger partial charge in [0.15, 0.2) is 0 Å². The third-order valence-corrected chi connectivity index (χ3v) is 2.32. The first-order valence-corrected chi connectivity index (χ1v) is 3.97. The van der Waals surface area contributed by atoms with Crippen molar-refractivity contribution in [3.63, 3.8) is 0 Å². The second kappa shape index (κ2) is 3.21. The molecule has 0 aromatic rings. The highest BCUT2D eigenvalue weighted by Gasteiger charge is 2.25. The van der Waals surface area contributed by atoms with Crippen molar-refractivity contribution in [2.75, 3.05) is 0 Å². The van der Waals surface area contributed by atoms with Gasteiger partial charge >= 0.3 is 0 Å². The Kier molecular flexibility index (Phi) is 2.46. The van der Waals surface area contributed by atoms with Crippen molar-refractivity contribution in [3.8, 4) is 0 Å². The van der Waals surface area contributed by atoms with Crippen LogP contribution in [0.15, 0.2) is 36.0 Å². The van der Waals surface area contributed by atoms with E-state index in [1.54, 1.807) is 13.8 Å². The molecule has 0 spiro atoms. The van der Waals surface area contributed by atoms with E-state index in [1.165, 1.54) is 12.2 Å². The molecule has 0 aliphatic heterocycles. The van der Waals surface area contributed by atoms with Crippen molar-refractivity contribution >= 4 is 0 Å². The Morgan fingerprint density at radius 1 is 1.42 bits per heavy atom. The smallest absolute Gasteiger partial charge is 0.129 e. The van der Waals surface area contributed by atoms with Crippen LogP contribution in [0.5, 0.6) is 0 Å². The molecule has 0 aromatic carbocycles. The second-order valence-electron chi connectivity index (χ2n) is 3.13. The monoisotopic (exact) mass is 170 g/mol. The molecule has 0 saturated heterocycles. The van der Waals surface area contributed by atoms with Crippen molar-refractivity contribution in [2.45, 2.75) is 13.8 Å². The van der Waals surface area contributed by atoms with Gasteiger partial charge in [0.25, 0.3) is 0 Å². The van der Waals surface area contributed by atoms with Crippen LogP contribution in [0.3, 0.4) is 0 Å². The molecule has 1 aliphatic rings. The second-order valence-corrected chi connectivity index (χ2v) is 3.13. The van der Waals surface area contributed by atoms with Gasteiger partial charge in [-0.15, -0.1) is 0 Å². The van der Waals surface area contributed by atoms with E-state index < -0.39 is 11.7 Å². The Hall–Kier alpha value is -0.920. The molecule has 0 saturated carbocycles. The van der Waals surface area contributed by atoms with Gasteiger partial charge in [-0.1, -0.05) is 26.5 Å². The molecule has 1 rings (SSSR count). The van der Waals surface area contributed by atoms with E-state index in [0.717, 1.165) is 0 Å². The summed E-state index contributed by atoms with van der Waals surface area (Å²) in [4.78, 5) is 0. The molecule has 0 aromatic heterocycles. The van der Waals surface area contributed by atoms with Gasteiger partial charge < -0.3 is 0 Å². The van der Waals surface area contributed by atoms with Crippen LogP contribution < -0.4 is 0 Å². The molecule has 0 fully saturated rings. The lowest BCUT2D eigenvalue weighted by Gasteiger charge is -2.21. The zero-order valence-corrected chi connectivity index (χ0v) is 7.27.